The number of hydrogen-bond acceptors (Lipinski definition) is 5. The molecule has 3 fully saturated rings. The molecule has 0 unspecified atom stereocenters. The summed E-state index contributed by atoms with van der Waals surface area (Å²) in [4.78, 5) is 23.1. The molecule has 1 aromatic rings. The second-order valence-corrected chi connectivity index (χ2v) is 15.6. The highest BCUT2D eigenvalue weighted by molar-refractivity contribution is 8.13. The Kier molecular flexibility index (Phi) is 8.76. The van der Waals surface area contributed by atoms with Gasteiger partial charge in [0.2, 0.25) is 0 Å². The van der Waals surface area contributed by atoms with Gasteiger partial charge in [0.15, 0.2) is 0 Å². The van der Waals surface area contributed by atoms with Gasteiger partial charge in [-0.15, -0.1) is 0 Å². The lowest BCUT2D eigenvalue weighted by Crippen LogP contribution is -2.50. The number of carbonyl (C=O) groups excluding carboxylic acids is 1. The molecule has 0 radical (unpaired) electrons. The van der Waals surface area contributed by atoms with E-state index in [0.29, 0.717) is 11.2 Å². The largest absolute Gasteiger partial charge is 0.418 e. The molecule has 40 heavy (non-hydrogen) atoms. The Balaban J connectivity index is 1.20. The highest BCUT2D eigenvalue weighted by atomic mass is 32.2. The predicted molar refractivity (Wildman–Crippen MR) is 164 cm³/mol. The van der Waals surface area contributed by atoms with Crippen LogP contribution < -0.4 is 4.74 Å². The van der Waals surface area contributed by atoms with Crippen molar-refractivity contribution in [2.45, 2.75) is 110 Å². The van der Waals surface area contributed by atoms with Crippen molar-refractivity contribution in [3.05, 3.63) is 46.0 Å². The fourth-order valence-electron chi connectivity index (χ4n) is 9.64. The summed E-state index contributed by atoms with van der Waals surface area (Å²) < 4.78 is 5.50. The zero-order valence-electron chi connectivity index (χ0n) is 25.2. The Morgan fingerprint density at radius 1 is 1.05 bits per heavy atom. The predicted octanol–water partition coefficient (Wildman–Crippen LogP) is 10.2. The van der Waals surface area contributed by atoms with E-state index in [4.69, 9.17) is 4.74 Å². The van der Waals surface area contributed by atoms with Crippen LogP contribution in [-0.4, -0.2) is 15.5 Å². The maximum Gasteiger partial charge on any atom is 0.372 e. The number of nitrogens with zero attached hydrogens (tertiary/aromatic N) is 1. The van der Waals surface area contributed by atoms with Crippen LogP contribution in [0.2, 0.25) is 0 Å². The van der Waals surface area contributed by atoms with Crippen molar-refractivity contribution < 1.29 is 14.5 Å². The van der Waals surface area contributed by atoms with Gasteiger partial charge in [-0.05, 0) is 122 Å². The maximum atomic E-state index is 12.7. The third-order valence-electron chi connectivity index (χ3n) is 11.8. The number of nitro groups is 1. The molecule has 0 saturated heterocycles. The maximum absolute atomic E-state index is 12.7. The molecule has 1 aromatic carbocycles. The molecule has 0 N–H and O–H groups in total. The van der Waals surface area contributed by atoms with Crippen molar-refractivity contribution in [3.63, 3.8) is 0 Å². The summed E-state index contributed by atoms with van der Waals surface area (Å²) >= 11 is 1.30. The molecule has 4 aliphatic carbocycles. The number of nitro benzene ring substituents is 1. The minimum atomic E-state index is -0.449. The lowest BCUT2D eigenvalue weighted by atomic mass is 9.47. The van der Waals surface area contributed by atoms with Gasteiger partial charge in [-0.1, -0.05) is 65.5 Å². The van der Waals surface area contributed by atoms with Crippen LogP contribution in [0.3, 0.4) is 0 Å². The van der Waals surface area contributed by atoms with E-state index < -0.39 is 4.92 Å². The van der Waals surface area contributed by atoms with Gasteiger partial charge in [-0.25, -0.2) is 4.79 Å². The minimum Gasteiger partial charge on any atom is -0.418 e. The van der Waals surface area contributed by atoms with Crippen molar-refractivity contribution in [1.82, 2.24) is 0 Å². The van der Waals surface area contributed by atoms with Crippen LogP contribution in [0.4, 0.5) is 10.5 Å². The zero-order valence-corrected chi connectivity index (χ0v) is 26.0. The molecule has 3 saturated carbocycles. The number of hydrogen-bond donors (Lipinski definition) is 0. The van der Waals surface area contributed by atoms with Crippen LogP contribution in [0, 0.1) is 56.5 Å². The van der Waals surface area contributed by atoms with Gasteiger partial charge in [0, 0.05) is 17.4 Å². The van der Waals surface area contributed by atoms with Crippen LogP contribution in [0.25, 0.3) is 0 Å². The second-order valence-electron chi connectivity index (χ2n) is 14.4. The van der Waals surface area contributed by atoms with Crippen LogP contribution in [0.5, 0.6) is 5.75 Å². The van der Waals surface area contributed by atoms with Gasteiger partial charge in [0.1, 0.15) is 5.75 Å². The third kappa shape index (κ3) is 5.76. The second kappa shape index (κ2) is 11.8. The molecule has 220 valence electrons. The lowest BCUT2D eigenvalue weighted by molar-refractivity contribution is -0.384. The Morgan fingerprint density at radius 3 is 2.50 bits per heavy atom. The van der Waals surface area contributed by atoms with Crippen LogP contribution in [0.1, 0.15) is 105 Å². The van der Waals surface area contributed by atoms with E-state index in [1.807, 2.05) is 0 Å². The van der Waals surface area contributed by atoms with Crippen molar-refractivity contribution in [1.29, 1.82) is 0 Å². The van der Waals surface area contributed by atoms with Crippen molar-refractivity contribution in [2.24, 2.45) is 46.3 Å². The lowest BCUT2D eigenvalue weighted by Gasteiger charge is -2.58. The molecule has 0 bridgehead atoms. The first kappa shape index (κ1) is 29.7. The average molecular weight is 568 g/mol. The number of allylic oxidation sites excluding steroid dienone is 2. The van der Waals surface area contributed by atoms with Crippen LogP contribution >= 0.6 is 11.8 Å². The smallest absolute Gasteiger partial charge is 0.372 e. The van der Waals surface area contributed by atoms with Gasteiger partial charge in [0.25, 0.3) is 5.69 Å². The molecule has 8 atom stereocenters. The summed E-state index contributed by atoms with van der Waals surface area (Å²) in [6.07, 6.45) is 16.7. The SMILES string of the molecule is CC(C)CCC[C@@H](C)[C@H]1CC[C@H]2[C@@H]3CC=C4C[C@H](SC(=O)Oc5ccc([N+](=O)[O-])cc5)CC[C@]4(C)[C@H]3CC[C@]12C. The molecule has 5 nitrogen and oxygen atoms in total. The number of non-ortho nitro benzene ring substituents is 1. The Bertz CT molecular complexity index is 1120. The first-order chi connectivity index (χ1) is 19.0. The van der Waals surface area contributed by atoms with E-state index in [1.54, 1.807) is 5.57 Å². The summed E-state index contributed by atoms with van der Waals surface area (Å²) in [6.45, 7) is 12.5. The van der Waals surface area contributed by atoms with Crippen molar-refractivity contribution >= 4 is 22.8 Å². The number of carbonyl (C=O) groups is 1. The molecule has 6 heteroatoms. The molecular weight excluding hydrogens is 518 g/mol. The van der Waals surface area contributed by atoms with Crippen LogP contribution in [0.15, 0.2) is 35.9 Å². The third-order valence-corrected chi connectivity index (χ3v) is 12.8. The van der Waals surface area contributed by atoms with E-state index in [9.17, 15) is 14.9 Å². The number of thioether (sulfide) groups is 1. The quantitative estimate of drug-likeness (QED) is 0.135. The zero-order chi connectivity index (χ0) is 28.7. The Morgan fingerprint density at radius 2 is 1.80 bits per heavy atom. The number of ether oxygens (including phenoxy) is 1. The van der Waals surface area contributed by atoms with E-state index in [0.717, 1.165) is 54.8 Å². The Labute approximate surface area is 245 Å². The first-order valence-corrected chi connectivity index (χ1v) is 16.7. The fourth-order valence-corrected chi connectivity index (χ4v) is 10.6. The van der Waals surface area contributed by atoms with E-state index in [-0.39, 0.29) is 21.7 Å². The summed E-state index contributed by atoms with van der Waals surface area (Å²) in [5, 5.41) is 10.8. The summed E-state index contributed by atoms with van der Waals surface area (Å²) in [7, 11) is 0. The fraction of sp³-hybridized carbons (Fsp3) is 0.735. The van der Waals surface area contributed by atoms with Gasteiger partial charge < -0.3 is 4.74 Å². The minimum absolute atomic E-state index is 0.00569. The standard InChI is InChI=1S/C34H49NO4S/c1-22(2)7-6-8-23(3)29-15-16-30-28-14-9-24-21-27(17-19-33(24,4)31(28)18-20-34(29,30)5)40-32(36)39-26-12-10-25(11-13-26)35(37)38/h9-13,22-23,27-31H,6-8,14-21H2,1-5H3/t23-,27-,28+,29-,30+,31+,33+,34-/m1/s1. The molecule has 0 heterocycles. The van der Waals surface area contributed by atoms with E-state index in [1.165, 1.54) is 87.4 Å². The summed E-state index contributed by atoms with van der Waals surface area (Å²) in [5.41, 5.74) is 2.36. The molecular formula is C34H49NO4S. The average Bonchev–Trinajstić information content (AvgIpc) is 3.26. The van der Waals surface area contributed by atoms with Gasteiger partial charge in [-0.3, -0.25) is 10.1 Å². The monoisotopic (exact) mass is 567 g/mol. The molecule has 5 rings (SSSR count). The van der Waals surface area contributed by atoms with Crippen molar-refractivity contribution in [3.8, 4) is 5.75 Å². The molecule has 0 aliphatic heterocycles. The van der Waals surface area contributed by atoms with E-state index in [2.05, 4.69) is 40.7 Å². The highest BCUT2D eigenvalue weighted by Crippen LogP contribution is 2.67. The number of rotatable bonds is 8. The molecule has 0 spiro atoms. The first-order valence-electron chi connectivity index (χ1n) is 15.8. The van der Waals surface area contributed by atoms with Gasteiger partial charge in [-0.2, -0.15) is 0 Å². The van der Waals surface area contributed by atoms with Crippen molar-refractivity contribution in [2.75, 3.05) is 0 Å². The Hall–Kier alpha value is -1.82. The summed E-state index contributed by atoms with van der Waals surface area (Å²) in [6, 6.07) is 5.74. The summed E-state index contributed by atoms with van der Waals surface area (Å²) in [5.74, 6) is 5.36. The normalized spacial score (nSPS) is 35.8. The highest BCUT2D eigenvalue weighted by Gasteiger charge is 2.59. The van der Waals surface area contributed by atoms with Crippen LogP contribution in [-0.2, 0) is 0 Å². The number of benzene rings is 1. The molecule has 0 amide bonds. The number of fused-ring (bicyclic) bond motifs is 5. The van der Waals surface area contributed by atoms with Gasteiger partial charge in [0.05, 0.1) is 4.92 Å². The van der Waals surface area contributed by atoms with E-state index >= 15 is 0 Å². The topological polar surface area (TPSA) is 69.4 Å². The molecule has 4 aliphatic rings. The van der Waals surface area contributed by atoms with Gasteiger partial charge >= 0.3 is 5.30 Å². The molecule has 0 aromatic heterocycles.